The number of carbonyl (C=O) groups is 1. The number of carbonyl (C=O) groups excluding carboxylic acids is 1. The van der Waals surface area contributed by atoms with Crippen molar-refractivity contribution in [1.82, 2.24) is 15.3 Å². The summed E-state index contributed by atoms with van der Waals surface area (Å²) < 4.78 is 0. The van der Waals surface area contributed by atoms with Crippen LogP contribution in [0.1, 0.15) is 36.4 Å². The molecule has 1 fully saturated rings. The first kappa shape index (κ1) is 15.9. The van der Waals surface area contributed by atoms with Crippen LogP contribution in [0.25, 0.3) is 6.08 Å². The number of rotatable bonds is 5. The zero-order valence-electron chi connectivity index (χ0n) is 13.2. The summed E-state index contributed by atoms with van der Waals surface area (Å²) in [6, 6.07) is 11.8. The lowest BCUT2D eigenvalue weighted by atomic mass is 9.77. The fourth-order valence-electron chi connectivity index (χ4n) is 2.83. The molecule has 1 N–H and O–H groups in total. The van der Waals surface area contributed by atoms with Gasteiger partial charge < -0.3 is 5.32 Å². The molecule has 5 nitrogen and oxygen atoms in total. The van der Waals surface area contributed by atoms with Crippen molar-refractivity contribution in [3.05, 3.63) is 65.8 Å². The molecule has 0 radical (unpaired) electrons. The van der Waals surface area contributed by atoms with Gasteiger partial charge in [-0.25, -0.2) is 9.97 Å². The molecule has 1 aliphatic carbocycles. The van der Waals surface area contributed by atoms with Crippen LogP contribution in [0.2, 0.25) is 0 Å². The summed E-state index contributed by atoms with van der Waals surface area (Å²) in [6.45, 7) is 0. The first-order valence-corrected chi connectivity index (χ1v) is 8.00. The van der Waals surface area contributed by atoms with Crippen LogP contribution < -0.4 is 5.32 Å². The van der Waals surface area contributed by atoms with E-state index in [1.807, 2.05) is 36.4 Å². The lowest BCUT2D eigenvalue weighted by Gasteiger charge is -2.34. The van der Waals surface area contributed by atoms with Gasteiger partial charge in [-0.15, -0.1) is 0 Å². The maximum Gasteiger partial charge on any atom is 0.262 e. The van der Waals surface area contributed by atoms with Gasteiger partial charge in [0.15, 0.2) is 0 Å². The van der Waals surface area contributed by atoms with E-state index in [2.05, 4.69) is 15.3 Å². The molecule has 3 rings (SSSR count). The average molecular weight is 318 g/mol. The quantitative estimate of drug-likeness (QED) is 0.679. The van der Waals surface area contributed by atoms with Gasteiger partial charge in [0, 0.05) is 18.0 Å². The van der Waals surface area contributed by atoms with Crippen molar-refractivity contribution in [2.24, 2.45) is 5.92 Å². The number of benzene rings is 1. The Balaban J connectivity index is 1.80. The third-order valence-electron chi connectivity index (χ3n) is 4.32. The van der Waals surface area contributed by atoms with E-state index >= 15 is 0 Å². The monoisotopic (exact) mass is 318 g/mol. The smallest absolute Gasteiger partial charge is 0.262 e. The second kappa shape index (κ2) is 7.51. The molecule has 0 spiro atoms. The second-order valence-electron chi connectivity index (χ2n) is 5.89. The van der Waals surface area contributed by atoms with Crippen molar-refractivity contribution in [1.29, 1.82) is 5.26 Å². The zero-order valence-corrected chi connectivity index (χ0v) is 13.2. The third kappa shape index (κ3) is 3.66. The lowest BCUT2D eigenvalue weighted by molar-refractivity contribution is -0.118. The minimum Gasteiger partial charge on any atom is -0.344 e. The predicted molar refractivity (Wildman–Crippen MR) is 90.3 cm³/mol. The van der Waals surface area contributed by atoms with E-state index in [4.69, 9.17) is 0 Å². The third-order valence-corrected chi connectivity index (χ3v) is 4.32. The zero-order chi connectivity index (χ0) is 16.8. The van der Waals surface area contributed by atoms with Crippen LogP contribution in [0.3, 0.4) is 0 Å². The highest BCUT2D eigenvalue weighted by Crippen LogP contribution is 2.37. The molecule has 1 heterocycles. The summed E-state index contributed by atoms with van der Waals surface area (Å²) in [7, 11) is 0. The van der Waals surface area contributed by atoms with E-state index in [0.717, 1.165) is 18.4 Å². The second-order valence-corrected chi connectivity index (χ2v) is 5.89. The van der Waals surface area contributed by atoms with Crippen LogP contribution in [-0.4, -0.2) is 15.9 Å². The normalized spacial score (nSPS) is 15.9. The summed E-state index contributed by atoms with van der Waals surface area (Å²) in [5.74, 6) is 0.0680. The Morgan fingerprint density at radius 3 is 2.54 bits per heavy atom. The number of nitrogens with zero attached hydrogens (tertiary/aromatic N) is 3. The van der Waals surface area contributed by atoms with E-state index in [1.54, 1.807) is 12.4 Å². The van der Waals surface area contributed by atoms with Gasteiger partial charge in [0.1, 0.15) is 18.0 Å². The maximum absolute atomic E-state index is 12.6. The fraction of sp³-hybridized carbons (Fsp3) is 0.263. The number of nitrogens with one attached hydrogen (secondary N) is 1. The van der Waals surface area contributed by atoms with Gasteiger partial charge in [0.25, 0.3) is 5.91 Å². The standard InChI is InChI=1S/C19H18N4O/c20-10-17(9-14-11-21-13-22-12-14)19(24)23-18(16-7-4-8-16)15-5-2-1-3-6-15/h1-3,5-6,9,11-13,16,18H,4,7-8H2,(H,23,24)/b17-9+. The first-order valence-electron chi connectivity index (χ1n) is 8.00. The number of hydrogen-bond acceptors (Lipinski definition) is 4. The molecule has 1 amide bonds. The number of aromatic nitrogens is 2. The summed E-state index contributed by atoms with van der Waals surface area (Å²) in [6.07, 6.45) is 9.43. The van der Waals surface area contributed by atoms with Crippen LogP contribution in [-0.2, 0) is 4.79 Å². The highest BCUT2D eigenvalue weighted by Gasteiger charge is 2.30. The Kier molecular flexibility index (Phi) is 4.97. The van der Waals surface area contributed by atoms with Gasteiger partial charge in [-0.05, 0) is 30.4 Å². The Morgan fingerprint density at radius 2 is 1.96 bits per heavy atom. The van der Waals surface area contributed by atoms with Crippen molar-refractivity contribution in [2.45, 2.75) is 25.3 Å². The van der Waals surface area contributed by atoms with Gasteiger partial charge in [-0.3, -0.25) is 4.79 Å². The maximum atomic E-state index is 12.6. The van der Waals surface area contributed by atoms with Gasteiger partial charge in [0.2, 0.25) is 0 Å². The molecule has 0 bridgehead atoms. The molecule has 0 saturated heterocycles. The van der Waals surface area contributed by atoms with E-state index in [0.29, 0.717) is 11.5 Å². The molecule has 1 aromatic carbocycles. The van der Waals surface area contributed by atoms with Crippen molar-refractivity contribution < 1.29 is 4.79 Å². The van der Waals surface area contributed by atoms with Crippen LogP contribution in [0.15, 0.2) is 54.6 Å². The molecule has 1 saturated carbocycles. The van der Waals surface area contributed by atoms with Crippen molar-refractivity contribution in [3.8, 4) is 6.07 Å². The fourth-order valence-corrected chi connectivity index (χ4v) is 2.83. The molecular formula is C19H18N4O. The van der Waals surface area contributed by atoms with Gasteiger partial charge in [-0.2, -0.15) is 5.26 Å². The summed E-state index contributed by atoms with van der Waals surface area (Å²) in [5, 5.41) is 12.4. The molecule has 1 aliphatic rings. The molecule has 5 heteroatoms. The molecule has 2 aromatic rings. The van der Waals surface area contributed by atoms with Crippen molar-refractivity contribution in [2.75, 3.05) is 0 Å². The molecule has 24 heavy (non-hydrogen) atoms. The highest BCUT2D eigenvalue weighted by molar-refractivity contribution is 6.01. The van der Waals surface area contributed by atoms with Gasteiger partial charge in [0.05, 0.1) is 6.04 Å². The average Bonchev–Trinajstić information content (AvgIpc) is 2.59. The summed E-state index contributed by atoms with van der Waals surface area (Å²) in [5.41, 5.74) is 1.77. The highest BCUT2D eigenvalue weighted by atomic mass is 16.1. The molecule has 1 atom stereocenters. The molecule has 1 aromatic heterocycles. The van der Waals surface area contributed by atoms with E-state index in [9.17, 15) is 10.1 Å². The van der Waals surface area contributed by atoms with Gasteiger partial charge >= 0.3 is 0 Å². The summed E-state index contributed by atoms with van der Waals surface area (Å²) >= 11 is 0. The van der Waals surface area contributed by atoms with E-state index < -0.39 is 0 Å². The van der Waals surface area contributed by atoms with Gasteiger partial charge in [-0.1, -0.05) is 36.8 Å². The number of hydrogen-bond donors (Lipinski definition) is 1. The SMILES string of the molecule is N#C/C(=C\c1cncnc1)C(=O)NC(c1ccccc1)C1CCC1. The van der Waals surface area contributed by atoms with E-state index in [-0.39, 0.29) is 17.5 Å². The summed E-state index contributed by atoms with van der Waals surface area (Å²) in [4.78, 5) is 20.4. The number of amides is 1. The van der Waals surface area contributed by atoms with Crippen LogP contribution in [0.4, 0.5) is 0 Å². The Morgan fingerprint density at radius 1 is 1.25 bits per heavy atom. The largest absolute Gasteiger partial charge is 0.344 e. The van der Waals surface area contributed by atoms with Crippen molar-refractivity contribution in [3.63, 3.8) is 0 Å². The predicted octanol–water partition coefficient (Wildman–Crippen LogP) is 3.04. The molecule has 1 unspecified atom stereocenters. The minimum absolute atomic E-state index is 0.0591. The molecular weight excluding hydrogens is 300 g/mol. The Hall–Kier alpha value is -3.00. The Bertz CT molecular complexity index is 761. The number of nitriles is 1. The minimum atomic E-state index is -0.359. The first-order chi connectivity index (χ1) is 11.8. The van der Waals surface area contributed by atoms with Crippen LogP contribution in [0, 0.1) is 17.2 Å². The molecule has 0 aliphatic heterocycles. The molecule has 120 valence electrons. The van der Waals surface area contributed by atoms with Crippen LogP contribution in [0.5, 0.6) is 0 Å². The Labute approximate surface area is 141 Å². The van der Waals surface area contributed by atoms with Crippen molar-refractivity contribution >= 4 is 12.0 Å². The lowest BCUT2D eigenvalue weighted by Crippen LogP contribution is -2.36. The van der Waals surface area contributed by atoms with E-state index in [1.165, 1.54) is 18.8 Å². The van der Waals surface area contributed by atoms with Crippen LogP contribution >= 0.6 is 0 Å². The topological polar surface area (TPSA) is 78.7 Å².